The van der Waals surface area contributed by atoms with E-state index in [0.29, 0.717) is 31.2 Å². The number of unbranched alkanes of at least 4 members (excludes halogenated alkanes) is 5. The normalized spacial score (nSPS) is 19.8. The Morgan fingerprint density at radius 3 is 2.27 bits per heavy atom. The van der Waals surface area contributed by atoms with Crippen LogP contribution < -0.4 is 0 Å². The molecule has 5 nitrogen and oxygen atoms in total. The predicted molar refractivity (Wildman–Crippen MR) is 159 cm³/mol. The Hall–Kier alpha value is -2.89. The Morgan fingerprint density at radius 2 is 1.57 bits per heavy atom. The maximum absolute atomic E-state index is 12.5. The van der Waals surface area contributed by atoms with Crippen LogP contribution in [0.3, 0.4) is 0 Å². The highest BCUT2D eigenvalue weighted by atomic mass is 16.3. The van der Waals surface area contributed by atoms with Gasteiger partial charge in [0.2, 0.25) is 0 Å². The summed E-state index contributed by atoms with van der Waals surface area (Å²) in [5.41, 5.74) is 2.62. The first-order chi connectivity index (χ1) is 19.4. The first kappa shape index (κ1) is 31.6. The number of benzene rings is 2. The van der Waals surface area contributed by atoms with Gasteiger partial charge in [0, 0.05) is 43.1 Å². The fraction of sp³-hybridized carbons (Fsp3) is 0.514. The molecular weight excluding hydrogens is 500 g/mol. The average Bonchev–Trinajstić information content (AvgIpc) is 3.22. The van der Waals surface area contributed by atoms with E-state index in [9.17, 15) is 24.6 Å². The van der Waals surface area contributed by atoms with Crippen molar-refractivity contribution in [1.82, 2.24) is 0 Å². The number of aliphatic hydroxyl groups excluding tert-OH is 2. The first-order valence-corrected chi connectivity index (χ1v) is 15.1. The molecule has 2 aromatic carbocycles. The van der Waals surface area contributed by atoms with Gasteiger partial charge in [0.1, 0.15) is 11.6 Å². The molecule has 3 rings (SSSR count). The van der Waals surface area contributed by atoms with Crippen LogP contribution in [0.25, 0.3) is 0 Å². The Kier molecular flexibility index (Phi) is 13.5. The number of ketones is 3. The number of hydrogen-bond acceptors (Lipinski definition) is 5. The third-order valence-corrected chi connectivity index (χ3v) is 8.00. The van der Waals surface area contributed by atoms with Gasteiger partial charge in [-0.25, -0.2) is 0 Å². The van der Waals surface area contributed by atoms with E-state index in [2.05, 4.69) is 6.92 Å². The molecule has 0 saturated heterocycles. The van der Waals surface area contributed by atoms with E-state index >= 15 is 0 Å². The van der Waals surface area contributed by atoms with Gasteiger partial charge in [-0.2, -0.15) is 0 Å². The highest BCUT2D eigenvalue weighted by molar-refractivity contribution is 5.97. The zero-order chi connectivity index (χ0) is 28.7. The van der Waals surface area contributed by atoms with Gasteiger partial charge in [0.25, 0.3) is 0 Å². The molecule has 0 radical (unpaired) electrons. The van der Waals surface area contributed by atoms with Crippen LogP contribution in [-0.2, 0) is 22.4 Å². The van der Waals surface area contributed by atoms with Crippen LogP contribution in [0.1, 0.15) is 99.0 Å². The van der Waals surface area contributed by atoms with Gasteiger partial charge >= 0.3 is 0 Å². The zero-order valence-electron chi connectivity index (χ0n) is 24.0. The van der Waals surface area contributed by atoms with Crippen molar-refractivity contribution in [1.29, 1.82) is 0 Å². The van der Waals surface area contributed by atoms with Crippen molar-refractivity contribution in [3.8, 4) is 0 Å². The summed E-state index contributed by atoms with van der Waals surface area (Å²) in [7, 11) is 0. The standard InChI is InChI=1S/C35H46O5/c1-2-3-7-14-29(36)21-22-32-31(34(39)25-35(32)40)16-11-5-4-10-15-30(37)23-26-17-19-27(20-18-26)24-33(38)28-12-8-6-9-13-28/h6,8-9,12-13,17-22,29,31-32,35-36,40H,2-5,7,10-11,14-16,23-25H2,1H3/b22-21+/t29-,31+,32+,35+/m0/s1. The summed E-state index contributed by atoms with van der Waals surface area (Å²) in [4.78, 5) is 37.3. The smallest absolute Gasteiger partial charge is 0.167 e. The number of carbonyl (C=O) groups excluding carboxylic acids is 3. The van der Waals surface area contributed by atoms with E-state index in [-0.39, 0.29) is 35.6 Å². The van der Waals surface area contributed by atoms with Gasteiger partial charge in [-0.05, 0) is 30.4 Å². The number of rotatable bonds is 18. The Balaban J connectivity index is 1.32. The van der Waals surface area contributed by atoms with Crippen molar-refractivity contribution in [3.05, 3.63) is 83.4 Å². The van der Waals surface area contributed by atoms with Crippen LogP contribution in [0.15, 0.2) is 66.7 Å². The molecule has 1 fully saturated rings. The predicted octanol–water partition coefficient (Wildman–Crippen LogP) is 6.63. The summed E-state index contributed by atoms with van der Waals surface area (Å²) in [6.07, 6.45) is 12.2. The van der Waals surface area contributed by atoms with Crippen molar-refractivity contribution >= 4 is 17.3 Å². The molecule has 0 aliphatic heterocycles. The quantitative estimate of drug-likeness (QED) is 0.124. The van der Waals surface area contributed by atoms with Crippen molar-refractivity contribution in [3.63, 3.8) is 0 Å². The van der Waals surface area contributed by atoms with E-state index in [1.165, 1.54) is 0 Å². The minimum Gasteiger partial charge on any atom is -0.392 e. The molecule has 0 aromatic heterocycles. The summed E-state index contributed by atoms with van der Waals surface area (Å²) in [6, 6.07) is 17.0. The molecule has 4 atom stereocenters. The highest BCUT2D eigenvalue weighted by Crippen LogP contribution is 2.34. The van der Waals surface area contributed by atoms with Gasteiger partial charge < -0.3 is 10.2 Å². The minimum atomic E-state index is -0.660. The topological polar surface area (TPSA) is 91.7 Å². The van der Waals surface area contributed by atoms with Crippen molar-refractivity contribution in [2.45, 2.75) is 103 Å². The average molecular weight is 547 g/mol. The first-order valence-electron chi connectivity index (χ1n) is 15.1. The summed E-state index contributed by atoms with van der Waals surface area (Å²) < 4.78 is 0. The molecule has 1 aliphatic rings. The molecule has 1 saturated carbocycles. The molecule has 0 heterocycles. The molecule has 216 valence electrons. The maximum Gasteiger partial charge on any atom is 0.167 e. The van der Waals surface area contributed by atoms with Crippen LogP contribution >= 0.6 is 0 Å². The molecule has 5 heteroatoms. The summed E-state index contributed by atoms with van der Waals surface area (Å²) >= 11 is 0. The number of carbonyl (C=O) groups is 3. The van der Waals surface area contributed by atoms with Crippen LogP contribution in [0.4, 0.5) is 0 Å². The van der Waals surface area contributed by atoms with E-state index in [0.717, 1.165) is 62.5 Å². The second kappa shape index (κ2) is 17.0. The Bertz CT molecular complexity index is 1090. The van der Waals surface area contributed by atoms with Crippen LogP contribution in [0, 0.1) is 11.8 Å². The Morgan fingerprint density at radius 1 is 0.900 bits per heavy atom. The third-order valence-electron chi connectivity index (χ3n) is 8.00. The van der Waals surface area contributed by atoms with E-state index < -0.39 is 12.2 Å². The molecule has 0 spiro atoms. The largest absolute Gasteiger partial charge is 0.392 e. The van der Waals surface area contributed by atoms with Crippen LogP contribution in [0.5, 0.6) is 0 Å². The second-order valence-corrected chi connectivity index (χ2v) is 11.3. The molecule has 0 unspecified atom stereocenters. The molecular formula is C35H46O5. The molecule has 2 N–H and O–H groups in total. The van der Waals surface area contributed by atoms with E-state index in [1.807, 2.05) is 60.7 Å². The molecule has 0 bridgehead atoms. The molecule has 0 amide bonds. The van der Waals surface area contributed by atoms with E-state index in [1.54, 1.807) is 6.08 Å². The maximum atomic E-state index is 12.5. The zero-order valence-corrected chi connectivity index (χ0v) is 24.0. The lowest BCUT2D eigenvalue weighted by Crippen LogP contribution is -2.19. The van der Waals surface area contributed by atoms with Crippen LogP contribution in [-0.4, -0.2) is 39.8 Å². The number of aliphatic hydroxyl groups is 2. The SMILES string of the molecule is CCCCC[C@H](O)/C=C/[C@H]1[C@H](O)CC(=O)[C@@H]1CCCCCCC(=O)Cc1ccc(CC(=O)c2ccccc2)cc1. The van der Waals surface area contributed by atoms with Gasteiger partial charge in [0.05, 0.1) is 12.2 Å². The monoisotopic (exact) mass is 546 g/mol. The van der Waals surface area contributed by atoms with Gasteiger partial charge in [0.15, 0.2) is 5.78 Å². The van der Waals surface area contributed by atoms with Crippen molar-refractivity contribution in [2.24, 2.45) is 11.8 Å². The fourth-order valence-corrected chi connectivity index (χ4v) is 5.59. The van der Waals surface area contributed by atoms with Crippen molar-refractivity contribution in [2.75, 3.05) is 0 Å². The molecule has 40 heavy (non-hydrogen) atoms. The lowest BCUT2D eigenvalue weighted by Gasteiger charge is -2.18. The minimum absolute atomic E-state index is 0.0847. The van der Waals surface area contributed by atoms with Gasteiger partial charge in [-0.1, -0.05) is 112 Å². The Labute approximate surface area is 239 Å². The van der Waals surface area contributed by atoms with E-state index in [4.69, 9.17) is 0 Å². The summed E-state index contributed by atoms with van der Waals surface area (Å²) in [6.45, 7) is 2.13. The number of hydrogen-bond donors (Lipinski definition) is 2. The molecule has 2 aromatic rings. The third kappa shape index (κ3) is 10.6. The van der Waals surface area contributed by atoms with Gasteiger partial charge in [-0.3, -0.25) is 14.4 Å². The lowest BCUT2D eigenvalue weighted by atomic mass is 9.88. The van der Waals surface area contributed by atoms with Gasteiger partial charge in [-0.15, -0.1) is 0 Å². The second-order valence-electron chi connectivity index (χ2n) is 11.3. The summed E-state index contributed by atoms with van der Waals surface area (Å²) in [5, 5.41) is 20.5. The molecule has 1 aliphatic carbocycles. The fourth-order valence-electron chi connectivity index (χ4n) is 5.59. The van der Waals surface area contributed by atoms with Crippen LogP contribution in [0.2, 0.25) is 0 Å². The van der Waals surface area contributed by atoms with Crippen molar-refractivity contribution < 1.29 is 24.6 Å². The number of Topliss-reactive ketones (excluding diaryl/α,β-unsaturated/α-hetero) is 3. The highest BCUT2D eigenvalue weighted by Gasteiger charge is 2.39. The lowest BCUT2D eigenvalue weighted by molar-refractivity contribution is -0.121. The summed E-state index contributed by atoms with van der Waals surface area (Å²) in [5.74, 6) is 0.0269.